The topological polar surface area (TPSA) is 47.7 Å². The van der Waals surface area contributed by atoms with Gasteiger partial charge in [0.2, 0.25) is 5.95 Å². The van der Waals surface area contributed by atoms with Gasteiger partial charge in [0, 0.05) is 43.4 Å². The molecular weight excluding hydrogens is 238 g/mol. The highest BCUT2D eigenvalue weighted by molar-refractivity contribution is 5.41. The summed E-state index contributed by atoms with van der Waals surface area (Å²) < 4.78 is 3.82. The summed E-state index contributed by atoms with van der Waals surface area (Å²) in [5, 5.41) is 7.47. The van der Waals surface area contributed by atoms with Crippen molar-refractivity contribution >= 4 is 5.95 Å². The maximum absolute atomic E-state index is 4.34. The minimum absolute atomic E-state index is 0.706. The molecule has 0 radical (unpaired) electrons. The lowest BCUT2D eigenvalue weighted by atomic mass is 10.3. The van der Waals surface area contributed by atoms with Crippen LogP contribution in [0.2, 0.25) is 0 Å². The molecule has 0 spiro atoms. The van der Waals surface area contributed by atoms with E-state index in [4.69, 9.17) is 0 Å². The number of anilines is 1. The SMILES string of the molecule is Cn1cc(CNc2nccn2-c2ccccc2)cn1. The molecule has 0 saturated heterocycles. The van der Waals surface area contributed by atoms with E-state index >= 15 is 0 Å². The van der Waals surface area contributed by atoms with E-state index in [1.807, 2.05) is 48.4 Å². The first-order valence-electron chi connectivity index (χ1n) is 6.13. The highest BCUT2D eigenvalue weighted by Crippen LogP contribution is 2.14. The van der Waals surface area contributed by atoms with Crippen molar-refractivity contribution in [1.29, 1.82) is 0 Å². The Morgan fingerprint density at radius 2 is 2.05 bits per heavy atom. The Balaban J connectivity index is 1.77. The molecule has 0 aliphatic rings. The van der Waals surface area contributed by atoms with Crippen LogP contribution in [0.15, 0.2) is 55.1 Å². The summed E-state index contributed by atoms with van der Waals surface area (Å²) in [4.78, 5) is 4.34. The molecule has 0 aliphatic carbocycles. The largest absolute Gasteiger partial charge is 0.351 e. The number of nitrogens with zero attached hydrogens (tertiary/aromatic N) is 4. The Hall–Kier alpha value is -2.56. The Kier molecular flexibility index (Phi) is 3.02. The summed E-state index contributed by atoms with van der Waals surface area (Å²) in [5.41, 5.74) is 2.22. The van der Waals surface area contributed by atoms with Gasteiger partial charge < -0.3 is 5.32 Å². The molecule has 0 bridgehead atoms. The molecule has 5 heteroatoms. The van der Waals surface area contributed by atoms with Gasteiger partial charge in [0.05, 0.1) is 6.20 Å². The van der Waals surface area contributed by atoms with E-state index in [9.17, 15) is 0 Å². The number of benzene rings is 1. The van der Waals surface area contributed by atoms with E-state index in [-0.39, 0.29) is 0 Å². The molecule has 0 aliphatic heterocycles. The first-order chi connectivity index (χ1) is 9.33. The fourth-order valence-electron chi connectivity index (χ4n) is 1.98. The maximum atomic E-state index is 4.34. The summed E-state index contributed by atoms with van der Waals surface area (Å²) >= 11 is 0. The van der Waals surface area contributed by atoms with Gasteiger partial charge in [0.15, 0.2) is 0 Å². The Morgan fingerprint density at radius 3 is 2.79 bits per heavy atom. The minimum atomic E-state index is 0.706. The van der Waals surface area contributed by atoms with Crippen LogP contribution < -0.4 is 5.32 Å². The molecule has 0 unspecified atom stereocenters. The zero-order valence-electron chi connectivity index (χ0n) is 10.7. The molecule has 2 heterocycles. The fourth-order valence-corrected chi connectivity index (χ4v) is 1.98. The average molecular weight is 253 g/mol. The van der Waals surface area contributed by atoms with Crippen LogP contribution >= 0.6 is 0 Å². The van der Waals surface area contributed by atoms with Gasteiger partial charge in [-0.1, -0.05) is 18.2 Å². The lowest BCUT2D eigenvalue weighted by Gasteiger charge is -2.08. The summed E-state index contributed by atoms with van der Waals surface area (Å²) in [7, 11) is 1.91. The molecule has 1 N–H and O–H groups in total. The Morgan fingerprint density at radius 1 is 1.21 bits per heavy atom. The van der Waals surface area contributed by atoms with Gasteiger partial charge >= 0.3 is 0 Å². The van der Waals surface area contributed by atoms with Gasteiger partial charge in [-0.2, -0.15) is 5.10 Å². The first-order valence-corrected chi connectivity index (χ1v) is 6.13. The third-order valence-corrected chi connectivity index (χ3v) is 2.88. The highest BCUT2D eigenvalue weighted by Gasteiger charge is 2.04. The molecular formula is C14H15N5. The van der Waals surface area contributed by atoms with Gasteiger partial charge in [-0.05, 0) is 12.1 Å². The number of hydrogen-bond donors (Lipinski definition) is 1. The van der Waals surface area contributed by atoms with Gasteiger partial charge in [0.25, 0.3) is 0 Å². The maximum Gasteiger partial charge on any atom is 0.207 e. The average Bonchev–Trinajstić information content (AvgIpc) is 3.06. The molecule has 0 fully saturated rings. The fraction of sp³-hybridized carbons (Fsp3) is 0.143. The number of hydrogen-bond acceptors (Lipinski definition) is 3. The van der Waals surface area contributed by atoms with Crippen molar-refractivity contribution in [3.63, 3.8) is 0 Å². The highest BCUT2D eigenvalue weighted by atomic mass is 15.2. The van der Waals surface area contributed by atoms with Crippen LogP contribution in [0.25, 0.3) is 5.69 Å². The standard InChI is InChI=1S/C14H15N5/c1-18-11-12(10-17-18)9-16-14-15-7-8-19(14)13-5-3-2-4-6-13/h2-8,10-11H,9H2,1H3,(H,15,16). The van der Waals surface area contributed by atoms with Crippen molar-refractivity contribution in [1.82, 2.24) is 19.3 Å². The van der Waals surface area contributed by atoms with Gasteiger partial charge in [0.1, 0.15) is 0 Å². The zero-order valence-corrected chi connectivity index (χ0v) is 10.7. The second-order valence-electron chi connectivity index (χ2n) is 4.33. The monoisotopic (exact) mass is 253 g/mol. The number of para-hydroxylation sites is 1. The lowest BCUT2D eigenvalue weighted by molar-refractivity contribution is 0.767. The quantitative estimate of drug-likeness (QED) is 0.775. The minimum Gasteiger partial charge on any atom is -0.351 e. The van der Waals surface area contributed by atoms with Crippen LogP contribution in [0, 0.1) is 0 Å². The Bertz CT molecular complexity index is 653. The molecule has 5 nitrogen and oxygen atoms in total. The number of imidazole rings is 1. The smallest absolute Gasteiger partial charge is 0.207 e. The predicted molar refractivity (Wildman–Crippen MR) is 74.1 cm³/mol. The van der Waals surface area contributed by atoms with Gasteiger partial charge in [-0.3, -0.25) is 9.25 Å². The van der Waals surface area contributed by atoms with E-state index < -0.39 is 0 Å². The summed E-state index contributed by atoms with van der Waals surface area (Å²) in [6.45, 7) is 0.706. The molecule has 0 amide bonds. The van der Waals surface area contributed by atoms with Crippen LogP contribution in [-0.2, 0) is 13.6 Å². The number of aryl methyl sites for hydroxylation is 1. The molecule has 3 rings (SSSR count). The van der Waals surface area contributed by atoms with Crippen molar-refractivity contribution in [2.75, 3.05) is 5.32 Å². The van der Waals surface area contributed by atoms with E-state index in [1.165, 1.54) is 0 Å². The lowest BCUT2D eigenvalue weighted by Crippen LogP contribution is -2.05. The summed E-state index contributed by atoms with van der Waals surface area (Å²) in [6.07, 6.45) is 7.57. The van der Waals surface area contributed by atoms with Crippen LogP contribution in [0.3, 0.4) is 0 Å². The van der Waals surface area contributed by atoms with E-state index in [2.05, 4.69) is 27.5 Å². The van der Waals surface area contributed by atoms with E-state index in [0.29, 0.717) is 6.54 Å². The Labute approximate surface area is 111 Å². The van der Waals surface area contributed by atoms with Gasteiger partial charge in [-0.25, -0.2) is 4.98 Å². The van der Waals surface area contributed by atoms with Crippen LogP contribution in [0.5, 0.6) is 0 Å². The van der Waals surface area contributed by atoms with Crippen molar-refractivity contribution in [2.24, 2.45) is 7.05 Å². The van der Waals surface area contributed by atoms with Crippen molar-refractivity contribution < 1.29 is 0 Å². The van der Waals surface area contributed by atoms with Crippen LogP contribution in [0.4, 0.5) is 5.95 Å². The van der Waals surface area contributed by atoms with Crippen LogP contribution in [0.1, 0.15) is 5.56 Å². The summed E-state index contributed by atoms with van der Waals surface area (Å²) in [5.74, 6) is 0.829. The zero-order chi connectivity index (χ0) is 13.1. The molecule has 3 aromatic rings. The third-order valence-electron chi connectivity index (χ3n) is 2.88. The predicted octanol–water partition coefficient (Wildman–Crippen LogP) is 2.22. The van der Waals surface area contributed by atoms with Crippen molar-refractivity contribution in [3.8, 4) is 5.69 Å². The van der Waals surface area contributed by atoms with Gasteiger partial charge in [-0.15, -0.1) is 0 Å². The second kappa shape index (κ2) is 4.97. The first kappa shape index (κ1) is 11.5. The van der Waals surface area contributed by atoms with Crippen molar-refractivity contribution in [2.45, 2.75) is 6.54 Å². The molecule has 0 atom stereocenters. The molecule has 1 aromatic carbocycles. The van der Waals surface area contributed by atoms with Crippen LogP contribution in [-0.4, -0.2) is 19.3 Å². The molecule has 96 valence electrons. The van der Waals surface area contributed by atoms with Crippen molar-refractivity contribution in [3.05, 3.63) is 60.7 Å². The second-order valence-corrected chi connectivity index (χ2v) is 4.33. The number of nitrogens with one attached hydrogen (secondary N) is 1. The summed E-state index contributed by atoms with van der Waals surface area (Å²) in [6, 6.07) is 10.1. The number of rotatable bonds is 4. The third kappa shape index (κ3) is 2.49. The number of aromatic nitrogens is 4. The normalized spacial score (nSPS) is 10.6. The van der Waals surface area contributed by atoms with E-state index in [0.717, 1.165) is 17.2 Å². The molecule has 19 heavy (non-hydrogen) atoms. The molecule has 0 saturated carbocycles. The van der Waals surface area contributed by atoms with E-state index in [1.54, 1.807) is 10.9 Å². The molecule has 2 aromatic heterocycles.